The van der Waals surface area contributed by atoms with Crippen LogP contribution in [0.3, 0.4) is 0 Å². The molecule has 0 saturated heterocycles. The van der Waals surface area contributed by atoms with E-state index in [2.05, 4.69) is 10.6 Å². The molecule has 0 aliphatic carbocycles. The van der Waals surface area contributed by atoms with Gasteiger partial charge >= 0.3 is 0 Å². The van der Waals surface area contributed by atoms with Gasteiger partial charge < -0.3 is 16.4 Å². The second-order valence-electron chi connectivity index (χ2n) is 4.96. The lowest BCUT2D eigenvalue weighted by atomic mass is 10.1. The third-order valence-electron chi connectivity index (χ3n) is 3.16. The Bertz CT molecular complexity index is 492. The summed E-state index contributed by atoms with van der Waals surface area (Å²) in [5, 5.41) is 5.59. The number of nitrogens with two attached hydrogens (primary N) is 1. The van der Waals surface area contributed by atoms with Crippen LogP contribution in [0, 0.1) is 6.92 Å². The Balaban J connectivity index is 0.00000400. The molecule has 1 atom stereocenters. The molecule has 0 aliphatic rings. The van der Waals surface area contributed by atoms with Crippen molar-refractivity contribution in [2.75, 3.05) is 12.3 Å². The lowest BCUT2D eigenvalue weighted by Gasteiger charge is -2.12. The van der Waals surface area contributed by atoms with Crippen molar-refractivity contribution in [2.45, 2.75) is 39.7 Å². The maximum Gasteiger partial charge on any atom is 0.251 e. The maximum absolute atomic E-state index is 12.0. The van der Waals surface area contributed by atoms with E-state index in [9.17, 15) is 9.59 Å². The standard InChI is InChI=1S/C15H23N3O2.ClH/c1-4-11(3)18-14(19)7-8-17-15(20)13-9-12(16)6-5-10(13)2;/h5-6,9,11H,4,7-8,16H2,1-3H3,(H,17,20)(H,18,19);1H. The van der Waals surface area contributed by atoms with Crippen LogP contribution < -0.4 is 16.4 Å². The van der Waals surface area contributed by atoms with E-state index in [4.69, 9.17) is 5.73 Å². The van der Waals surface area contributed by atoms with Crippen LogP contribution >= 0.6 is 12.4 Å². The monoisotopic (exact) mass is 313 g/mol. The molecule has 1 unspecified atom stereocenters. The number of amides is 2. The van der Waals surface area contributed by atoms with Gasteiger partial charge in [0.1, 0.15) is 0 Å². The van der Waals surface area contributed by atoms with E-state index in [1.165, 1.54) is 0 Å². The van der Waals surface area contributed by atoms with Crippen LogP contribution in [0.15, 0.2) is 18.2 Å². The van der Waals surface area contributed by atoms with Gasteiger partial charge in [0.05, 0.1) is 0 Å². The number of hydrogen-bond acceptors (Lipinski definition) is 3. The van der Waals surface area contributed by atoms with Gasteiger partial charge in [-0.1, -0.05) is 13.0 Å². The predicted molar refractivity (Wildman–Crippen MR) is 87.7 cm³/mol. The van der Waals surface area contributed by atoms with E-state index in [1.807, 2.05) is 20.8 Å². The second-order valence-corrected chi connectivity index (χ2v) is 4.96. The molecule has 1 aromatic rings. The molecule has 1 aromatic carbocycles. The van der Waals surface area contributed by atoms with Crippen LogP contribution in [-0.2, 0) is 4.79 Å². The van der Waals surface area contributed by atoms with Crippen molar-refractivity contribution in [1.29, 1.82) is 0 Å². The summed E-state index contributed by atoms with van der Waals surface area (Å²) in [6.45, 7) is 6.13. The smallest absolute Gasteiger partial charge is 0.251 e. The fraction of sp³-hybridized carbons (Fsp3) is 0.467. The molecule has 0 aromatic heterocycles. The summed E-state index contributed by atoms with van der Waals surface area (Å²) < 4.78 is 0. The Kier molecular flexibility index (Phi) is 8.47. The third kappa shape index (κ3) is 6.49. The maximum atomic E-state index is 12.0. The van der Waals surface area contributed by atoms with Gasteiger partial charge in [0.25, 0.3) is 5.91 Å². The average Bonchev–Trinajstić information content (AvgIpc) is 2.41. The summed E-state index contributed by atoms with van der Waals surface area (Å²) in [5.74, 6) is -0.255. The Morgan fingerprint density at radius 3 is 2.62 bits per heavy atom. The van der Waals surface area contributed by atoms with E-state index < -0.39 is 0 Å². The molecule has 5 nitrogen and oxygen atoms in total. The SMILES string of the molecule is CCC(C)NC(=O)CCNC(=O)c1cc(N)ccc1C.Cl. The molecule has 4 N–H and O–H groups in total. The molecule has 0 heterocycles. The van der Waals surface area contributed by atoms with Crippen molar-refractivity contribution in [3.05, 3.63) is 29.3 Å². The molecule has 0 radical (unpaired) electrons. The van der Waals surface area contributed by atoms with Crippen molar-refractivity contribution in [3.8, 4) is 0 Å². The fourth-order valence-electron chi connectivity index (χ4n) is 1.72. The van der Waals surface area contributed by atoms with Crippen LogP contribution in [-0.4, -0.2) is 24.4 Å². The fourth-order valence-corrected chi connectivity index (χ4v) is 1.72. The van der Waals surface area contributed by atoms with Crippen molar-refractivity contribution in [1.82, 2.24) is 10.6 Å². The van der Waals surface area contributed by atoms with Crippen molar-refractivity contribution < 1.29 is 9.59 Å². The lowest BCUT2D eigenvalue weighted by molar-refractivity contribution is -0.121. The Labute approximate surface area is 132 Å². The van der Waals surface area contributed by atoms with Gasteiger partial charge in [0, 0.05) is 30.3 Å². The zero-order chi connectivity index (χ0) is 15.1. The van der Waals surface area contributed by atoms with Gasteiger partial charge in [0.15, 0.2) is 0 Å². The highest BCUT2D eigenvalue weighted by Gasteiger charge is 2.10. The molecule has 6 heteroatoms. The molecule has 2 amide bonds. The Morgan fingerprint density at radius 1 is 1.33 bits per heavy atom. The largest absolute Gasteiger partial charge is 0.399 e. The minimum Gasteiger partial charge on any atom is -0.399 e. The number of aryl methyl sites for hydroxylation is 1. The average molecular weight is 314 g/mol. The van der Waals surface area contributed by atoms with Gasteiger partial charge in [-0.25, -0.2) is 0 Å². The first-order chi connectivity index (χ1) is 9.43. The number of carbonyl (C=O) groups is 2. The van der Waals surface area contributed by atoms with Gasteiger partial charge in [0.2, 0.25) is 5.91 Å². The molecule has 0 aliphatic heterocycles. The van der Waals surface area contributed by atoms with Crippen LogP contribution in [0.1, 0.15) is 42.6 Å². The van der Waals surface area contributed by atoms with E-state index in [-0.39, 0.29) is 36.7 Å². The van der Waals surface area contributed by atoms with Crippen LogP contribution in [0.5, 0.6) is 0 Å². The van der Waals surface area contributed by atoms with Crippen LogP contribution in [0.4, 0.5) is 5.69 Å². The first-order valence-electron chi connectivity index (χ1n) is 6.87. The second kappa shape index (κ2) is 9.23. The number of nitrogens with one attached hydrogen (secondary N) is 2. The zero-order valence-corrected chi connectivity index (χ0v) is 13.5. The summed E-state index contributed by atoms with van der Waals surface area (Å²) in [4.78, 5) is 23.5. The molecule has 1 rings (SSSR count). The van der Waals surface area contributed by atoms with Crippen LogP contribution in [0.25, 0.3) is 0 Å². The first kappa shape index (κ1) is 19.2. The van der Waals surface area contributed by atoms with E-state index in [0.29, 0.717) is 17.8 Å². The minimum absolute atomic E-state index is 0. The number of nitrogen functional groups attached to an aromatic ring is 1. The number of carbonyl (C=O) groups excluding carboxylic acids is 2. The number of halogens is 1. The number of anilines is 1. The minimum atomic E-state index is -0.203. The molecule has 21 heavy (non-hydrogen) atoms. The summed E-state index contributed by atoms with van der Waals surface area (Å²) in [6.07, 6.45) is 1.16. The van der Waals surface area contributed by atoms with Gasteiger partial charge in [-0.2, -0.15) is 0 Å². The summed E-state index contributed by atoms with van der Waals surface area (Å²) in [5.41, 5.74) is 7.63. The summed E-state index contributed by atoms with van der Waals surface area (Å²) in [7, 11) is 0. The molecule has 118 valence electrons. The van der Waals surface area contributed by atoms with Crippen molar-refractivity contribution in [2.24, 2.45) is 0 Å². The predicted octanol–water partition coefficient (Wildman–Crippen LogP) is 2.03. The normalized spacial score (nSPS) is 11.2. The molecule has 0 saturated carbocycles. The number of hydrogen-bond donors (Lipinski definition) is 3. The third-order valence-corrected chi connectivity index (χ3v) is 3.16. The van der Waals surface area contributed by atoms with Crippen molar-refractivity contribution >= 4 is 29.9 Å². The van der Waals surface area contributed by atoms with E-state index >= 15 is 0 Å². The lowest BCUT2D eigenvalue weighted by Crippen LogP contribution is -2.35. The highest BCUT2D eigenvalue weighted by atomic mass is 35.5. The van der Waals surface area contributed by atoms with Gasteiger partial charge in [-0.05, 0) is 38.0 Å². The highest BCUT2D eigenvalue weighted by Crippen LogP contribution is 2.12. The first-order valence-corrected chi connectivity index (χ1v) is 6.87. The topological polar surface area (TPSA) is 84.2 Å². The number of rotatable bonds is 6. The molecular formula is C15H24ClN3O2. The summed E-state index contributed by atoms with van der Waals surface area (Å²) >= 11 is 0. The quantitative estimate of drug-likeness (QED) is 0.703. The zero-order valence-electron chi connectivity index (χ0n) is 12.7. The van der Waals surface area contributed by atoms with Crippen molar-refractivity contribution in [3.63, 3.8) is 0 Å². The van der Waals surface area contributed by atoms with E-state index in [1.54, 1.807) is 18.2 Å². The molecule has 0 spiro atoms. The van der Waals surface area contributed by atoms with Gasteiger partial charge in [-0.15, -0.1) is 12.4 Å². The Morgan fingerprint density at radius 2 is 2.00 bits per heavy atom. The molecular weight excluding hydrogens is 290 g/mol. The van der Waals surface area contributed by atoms with Crippen LogP contribution in [0.2, 0.25) is 0 Å². The molecule has 0 fully saturated rings. The van der Waals surface area contributed by atoms with E-state index in [0.717, 1.165) is 12.0 Å². The number of benzene rings is 1. The highest BCUT2D eigenvalue weighted by molar-refractivity contribution is 5.96. The summed E-state index contributed by atoms with van der Waals surface area (Å²) in [6, 6.07) is 5.37. The van der Waals surface area contributed by atoms with Gasteiger partial charge in [-0.3, -0.25) is 9.59 Å². The molecule has 0 bridgehead atoms. The Hall–Kier alpha value is -1.75.